The molecule has 5 nitrogen and oxygen atoms in total. The van der Waals surface area contributed by atoms with Gasteiger partial charge in [-0.2, -0.15) is 0 Å². The predicted molar refractivity (Wildman–Crippen MR) is 136 cm³/mol. The van der Waals surface area contributed by atoms with Gasteiger partial charge in [-0.15, -0.1) is 0 Å². The van der Waals surface area contributed by atoms with Gasteiger partial charge in [0.05, 0.1) is 5.60 Å². The largest absolute Gasteiger partial charge is 0.385 e. The number of methoxy groups -OCH3 is 1. The normalized spacial score (nSPS) is 24.3. The Morgan fingerprint density at radius 2 is 2.00 bits per heavy atom. The Labute approximate surface area is 208 Å². The number of nitrogens with zero attached hydrogens (tertiary/aromatic N) is 1. The van der Waals surface area contributed by atoms with Crippen molar-refractivity contribution in [1.82, 2.24) is 4.90 Å². The van der Waals surface area contributed by atoms with Gasteiger partial charge in [0.25, 0.3) is 0 Å². The predicted octanol–water partition coefficient (Wildman–Crippen LogP) is 4.86. The maximum atomic E-state index is 14.1. The van der Waals surface area contributed by atoms with Crippen LogP contribution in [0, 0.1) is 17.7 Å². The molecule has 190 valence electrons. The number of amides is 1. The molecule has 0 radical (unpaired) electrons. The number of nitrogens with two attached hydrogens (primary N) is 1. The van der Waals surface area contributed by atoms with Crippen LogP contribution < -0.4 is 5.73 Å². The first-order valence-corrected chi connectivity index (χ1v) is 13.0. The zero-order valence-corrected chi connectivity index (χ0v) is 20.8. The van der Waals surface area contributed by atoms with Crippen LogP contribution in [0.2, 0.25) is 0 Å². The number of rotatable bonds is 9. The maximum Gasteiger partial charge on any atom is 0.225 e. The third kappa shape index (κ3) is 5.93. The highest BCUT2D eigenvalue weighted by atomic mass is 19.1. The molecule has 35 heavy (non-hydrogen) atoms. The molecule has 1 aliphatic heterocycles. The van der Waals surface area contributed by atoms with Crippen LogP contribution in [0.15, 0.2) is 48.5 Å². The summed E-state index contributed by atoms with van der Waals surface area (Å²) >= 11 is 0. The molecular weight excluding hydrogens is 443 g/mol. The molecule has 0 aromatic heterocycles. The van der Waals surface area contributed by atoms with Gasteiger partial charge in [0.2, 0.25) is 5.91 Å². The van der Waals surface area contributed by atoms with E-state index in [2.05, 4.69) is 0 Å². The summed E-state index contributed by atoms with van der Waals surface area (Å²) in [6, 6.07) is 14.4. The molecule has 2 aromatic carbocycles. The smallest absolute Gasteiger partial charge is 0.225 e. The van der Waals surface area contributed by atoms with Crippen LogP contribution in [-0.2, 0) is 15.1 Å². The van der Waals surface area contributed by atoms with Gasteiger partial charge >= 0.3 is 0 Å². The van der Waals surface area contributed by atoms with Gasteiger partial charge in [0.1, 0.15) is 5.82 Å². The number of carbonyl (C=O) groups is 1. The van der Waals surface area contributed by atoms with Gasteiger partial charge < -0.3 is 20.5 Å². The highest BCUT2D eigenvalue weighted by Gasteiger charge is 2.43. The topological polar surface area (TPSA) is 75.8 Å². The van der Waals surface area contributed by atoms with Crippen molar-refractivity contribution < 1.29 is 19.0 Å². The number of aliphatic hydroxyl groups is 1. The fourth-order valence-corrected chi connectivity index (χ4v) is 6.03. The van der Waals surface area contributed by atoms with Gasteiger partial charge in [-0.25, -0.2) is 4.39 Å². The van der Waals surface area contributed by atoms with E-state index in [-0.39, 0.29) is 29.6 Å². The maximum absolute atomic E-state index is 14.1. The van der Waals surface area contributed by atoms with Crippen LogP contribution in [-0.4, -0.2) is 48.8 Å². The van der Waals surface area contributed by atoms with Gasteiger partial charge in [-0.1, -0.05) is 36.4 Å². The lowest BCUT2D eigenvalue weighted by molar-refractivity contribution is -0.140. The first-order chi connectivity index (χ1) is 16.9. The number of piperidine rings is 1. The van der Waals surface area contributed by atoms with Crippen molar-refractivity contribution in [2.24, 2.45) is 17.6 Å². The summed E-state index contributed by atoms with van der Waals surface area (Å²) in [7, 11) is 1.69. The van der Waals surface area contributed by atoms with Crippen molar-refractivity contribution in [3.05, 3.63) is 59.9 Å². The number of hydrogen-bond acceptors (Lipinski definition) is 4. The molecule has 2 aliphatic rings. The number of carbonyl (C=O) groups excluding carboxylic acids is 1. The van der Waals surface area contributed by atoms with Crippen molar-refractivity contribution in [3.8, 4) is 11.1 Å². The Morgan fingerprint density at radius 3 is 2.74 bits per heavy atom. The van der Waals surface area contributed by atoms with E-state index in [1.807, 2.05) is 35.2 Å². The number of halogens is 1. The molecule has 0 spiro atoms. The SMILES string of the molecule is COCCCCC(O)(c1ccccc1-c1cccc(F)c1)C1CCCN(C(=O)C2CCC(N)C2)C1. The van der Waals surface area contributed by atoms with E-state index in [1.165, 1.54) is 12.1 Å². The van der Waals surface area contributed by atoms with Crippen LogP contribution in [0.1, 0.15) is 56.9 Å². The molecule has 1 saturated heterocycles. The van der Waals surface area contributed by atoms with Crippen molar-refractivity contribution in [3.63, 3.8) is 0 Å². The lowest BCUT2D eigenvalue weighted by Crippen LogP contribution is -2.49. The van der Waals surface area contributed by atoms with E-state index in [4.69, 9.17) is 10.5 Å². The Bertz CT molecular complexity index is 999. The summed E-state index contributed by atoms with van der Waals surface area (Å²) in [4.78, 5) is 15.3. The first-order valence-electron chi connectivity index (χ1n) is 13.0. The van der Waals surface area contributed by atoms with E-state index < -0.39 is 5.60 Å². The Morgan fingerprint density at radius 1 is 1.17 bits per heavy atom. The molecule has 2 aromatic rings. The molecule has 2 fully saturated rings. The molecule has 4 rings (SSSR count). The molecule has 3 N–H and O–H groups in total. The fourth-order valence-electron chi connectivity index (χ4n) is 6.03. The molecule has 0 bridgehead atoms. The van der Waals surface area contributed by atoms with Gasteiger partial charge in [-0.05, 0) is 80.2 Å². The van der Waals surface area contributed by atoms with Crippen molar-refractivity contribution in [2.75, 3.05) is 26.8 Å². The van der Waals surface area contributed by atoms with Crippen LogP contribution >= 0.6 is 0 Å². The average Bonchev–Trinajstić information content (AvgIpc) is 3.32. The minimum absolute atomic E-state index is 0.00174. The molecule has 6 heteroatoms. The summed E-state index contributed by atoms with van der Waals surface area (Å²) in [5.41, 5.74) is 7.34. The van der Waals surface area contributed by atoms with E-state index in [1.54, 1.807) is 13.2 Å². The molecule has 4 atom stereocenters. The third-order valence-electron chi connectivity index (χ3n) is 7.92. The summed E-state index contributed by atoms with van der Waals surface area (Å²) in [5, 5.41) is 12.4. The number of benzene rings is 2. The molecule has 1 heterocycles. The number of ether oxygens (including phenoxy) is 1. The van der Waals surface area contributed by atoms with E-state index in [0.29, 0.717) is 19.6 Å². The zero-order chi connectivity index (χ0) is 24.8. The molecule has 1 aliphatic carbocycles. The quantitative estimate of drug-likeness (QED) is 0.501. The number of unbranched alkanes of at least 4 members (excludes halogenated alkanes) is 1. The Hall–Kier alpha value is -2.28. The zero-order valence-electron chi connectivity index (χ0n) is 20.8. The average molecular weight is 483 g/mol. The van der Waals surface area contributed by atoms with Crippen LogP contribution in [0.5, 0.6) is 0 Å². The van der Waals surface area contributed by atoms with E-state index >= 15 is 0 Å². The second-order valence-electron chi connectivity index (χ2n) is 10.3. The van der Waals surface area contributed by atoms with Gasteiger partial charge in [0, 0.05) is 44.7 Å². The van der Waals surface area contributed by atoms with Crippen molar-refractivity contribution in [2.45, 2.75) is 63.0 Å². The second kappa shape index (κ2) is 11.6. The molecule has 1 amide bonds. The first kappa shape index (κ1) is 25.8. The Balaban J connectivity index is 1.65. The molecular formula is C29H39FN2O3. The number of hydrogen-bond donors (Lipinski definition) is 2. The highest BCUT2D eigenvalue weighted by molar-refractivity contribution is 5.79. The van der Waals surface area contributed by atoms with Crippen LogP contribution in [0.3, 0.4) is 0 Å². The number of likely N-dealkylation sites (tertiary alicyclic amines) is 1. The summed E-state index contributed by atoms with van der Waals surface area (Å²) in [5.74, 6) is -0.224. The fraction of sp³-hybridized carbons (Fsp3) is 0.552. The lowest BCUT2D eigenvalue weighted by Gasteiger charge is -2.44. The summed E-state index contributed by atoms with van der Waals surface area (Å²) in [6.07, 6.45) is 6.40. The van der Waals surface area contributed by atoms with E-state index in [9.17, 15) is 14.3 Å². The second-order valence-corrected chi connectivity index (χ2v) is 10.3. The van der Waals surface area contributed by atoms with Gasteiger partial charge in [-0.3, -0.25) is 4.79 Å². The minimum atomic E-state index is -1.14. The van der Waals surface area contributed by atoms with Crippen molar-refractivity contribution in [1.29, 1.82) is 0 Å². The molecule has 4 unspecified atom stereocenters. The lowest BCUT2D eigenvalue weighted by atomic mass is 9.72. The third-order valence-corrected chi connectivity index (χ3v) is 7.92. The van der Waals surface area contributed by atoms with E-state index in [0.717, 1.165) is 68.2 Å². The highest BCUT2D eigenvalue weighted by Crippen LogP contribution is 2.44. The summed E-state index contributed by atoms with van der Waals surface area (Å²) in [6.45, 7) is 1.90. The Kier molecular flexibility index (Phi) is 8.58. The summed E-state index contributed by atoms with van der Waals surface area (Å²) < 4.78 is 19.4. The minimum Gasteiger partial charge on any atom is -0.385 e. The standard InChI is InChI=1S/C29H39FN2O3/c1-35-17-5-4-15-29(34,27-12-3-2-11-26(27)21-8-6-10-24(30)18-21)23-9-7-16-32(20-23)28(33)22-13-14-25(31)19-22/h2-3,6,8,10-12,18,22-23,25,34H,4-5,7,9,13-17,19-20,31H2,1H3. The van der Waals surface area contributed by atoms with Gasteiger partial charge in [0.15, 0.2) is 0 Å². The molecule has 1 saturated carbocycles. The van der Waals surface area contributed by atoms with Crippen LogP contribution in [0.4, 0.5) is 4.39 Å². The van der Waals surface area contributed by atoms with Crippen LogP contribution in [0.25, 0.3) is 11.1 Å². The van der Waals surface area contributed by atoms with Crippen molar-refractivity contribution >= 4 is 5.91 Å². The monoisotopic (exact) mass is 482 g/mol.